The van der Waals surface area contributed by atoms with Gasteiger partial charge in [0.2, 0.25) is 0 Å². The van der Waals surface area contributed by atoms with Crippen LogP contribution in [0.2, 0.25) is 6.82 Å². The first kappa shape index (κ1) is 8.23. The van der Waals surface area contributed by atoms with E-state index in [9.17, 15) is 0 Å². The second kappa shape index (κ2) is 5.37. The topological polar surface area (TPSA) is 20.2 Å². The van der Waals surface area contributed by atoms with Gasteiger partial charge >= 0.3 is 6.92 Å². The molecule has 1 nitrogen and oxygen atoms in total. The minimum Gasteiger partial charge on any atom is -0.447 e. The maximum absolute atomic E-state index is 8.66. The van der Waals surface area contributed by atoms with Crippen molar-refractivity contribution in [3.63, 3.8) is 0 Å². The van der Waals surface area contributed by atoms with Gasteiger partial charge in [-0.1, -0.05) is 47.5 Å². The van der Waals surface area contributed by atoms with E-state index in [1.165, 1.54) is 0 Å². The zero-order valence-corrected chi connectivity index (χ0v) is 6.87. The smallest absolute Gasteiger partial charge is 0.312 e. The van der Waals surface area contributed by atoms with E-state index < -0.39 is 0 Å². The fourth-order valence-corrected chi connectivity index (χ4v) is 0.507. The summed E-state index contributed by atoms with van der Waals surface area (Å²) in [7, 11) is 0. The minimum absolute atomic E-state index is 0.331. The molecule has 8 heavy (non-hydrogen) atoms. The van der Waals surface area contributed by atoms with Gasteiger partial charge in [-0.2, -0.15) is 0 Å². The Kier molecular flexibility index (Phi) is 5.53. The number of hydrogen-bond donors (Lipinski definition) is 1. The van der Waals surface area contributed by atoms with Crippen LogP contribution in [0, 0.1) is 0 Å². The third-order valence-corrected chi connectivity index (χ3v) is 0.989. The molecule has 0 aliphatic rings. The Balaban J connectivity index is 3.34. The summed E-state index contributed by atoms with van der Waals surface area (Å²) in [6.07, 6.45) is 3.68. The molecule has 0 saturated heterocycles. The van der Waals surface area contributed by atoms with Gasteiger partial charge in [0.05, 0.1) is 0 Å². The summed E-state index contributed by atoms with van der Waals surface area (Å²) in [6.45, 7) is 1.39. The molecule has 0 bridgehead atoms. The van der Waals surface area contributed by atoms with Crippen LogP contribution in [0.5, 0.6) is 0 Å². The second-order valence-corrected chi connectivity index (χ2v) is 2.16. The summed E-state index contributed by atoms with van der Waals surface area (Å²) in [4.78, 5) is 0. The summed E-state index contributed by atoms with van der Waals surface area (Å²) in [5, 5.41) is 8.66. The number of allylic oxidation sites excluding steroid dienone is 2. The van der Waals surface area contributed by atoms with Gasteiger partial charge in [-0.05, 0) is 4.08 Å². The molecule has 0 heterocycles. The number of hydrogen-bond acceptors (Lipinski definition) is 1. The Hall–Kier alpha value is 0.235. The van der Waals surface area contributed by atoms with E-state index in [4.69, 9.17) is 5.02 Å². The average molecular weight is 222 g/mol. The molecule has 0 aliphatic heterocycles. The quantitative estimate of drug-likeness (QED) is 0.427. The van der Waals surface area contributed by atoms with Crippen LogP contribution in [0.1, 0.15) is 0 Å². The Bertz CT molecular complexity index is 98.6. The van der Waals surface area contributed by atoms with Gasteiger partial charge in [0.15, 0.2) is 0 Å². The second-order valence-electron chi connectivity index (χ2n) is 1.44. The predicted octanol–water partition coefficient (Wildman–Crippen LogP) is 1.64. The van der Waals surface area contributed by atoms with E-state index >= 15 is 0 Å². The van der Waals surface area contributed by atoms with Crippen LogP contribution in [0.3, 0.4) is 0 Å². The fourth-order valence-electron chi connectivity index (χ4n) is 0.267. The lowest BCUT2D eigenvalue weighted by Gasteiger charge is -1.81. The van der Waals surface area contributed by atoms with E-state index in [2.05, 4.69) is 22.6 Å². The molecular weight excluding hydrogens is 214 g/mol. The lowest BCUT2D eigenvalue weighted by molar-refractivity contribution is 0.593. The van der Waals surface area contributed by atoms with Gasteiger partial charge in [0.1, 0.15) is 0 Å². The van der Waals surface area contributed by atoms with E-state index in [1.54, 1.807) is 12.8 Å². The average Bonchev–Trinajstić information content (AvgIpc) is 1.66. The van der Waals surface area contributed by atoms with Crippen LogP contribution in [0.15, 0.2) is 22.2 Å². The number of rotatable bonds is 2. The highest BCUT2D eigenvalue weighted by atomic mass is 127. The lowest BCUT2D eigenvalue weighted by Crippen LogP contribution is -1.98. The van der Waals surface area contributed by atoms with Crippen molar-refractivity contribution in [3.8, 4) is 0 Å². The molecule has 0 aromatic rings. The van der Waals surface area contributed by atoms with Crippen molar-refractivity contribution in [2.45, 2.75) is 6.82 Å². The van der Waals surface area contributed by atoms with Crippen molar-refractivity contribution in [1.82, 2.24) is 0 Å². The monoisotopic (exact) mass is 222 g/mol. The van der Waals surface area contributed by atoms with Crippen LogP contribution < -0.4 is 0 Å². The largest absolute Gasteiger partial charge is 0.447 e. The van der Waals surface area contributed by atoms with Gasteiger partial charge < -0.3 is 5.02 Å². The molecule has 0 spiro atoms. The van der Waals surface area contributed by atoms with Crippen LogP contribution in [0.4, 0.5) is 0 Å². The van der Waals surface area contributed by atoms with Crippen molar-refractivity contribution in [2.75, 3.05) is 0 Å². The van der Waals surface area contributed by atoms with Crippen LogP contribution >= 0.6 is 22.6 Å². The minimum atomic E-state index is -0.331. The fraction of sp³-hybridized carbons (Fsp3) is 0.200. The lowest BCUT2D eigenvalue weighted by atomic mass is 9.72. The van der Waals surface area contributed by atoms with Crippen LogP contribution in [-0.2, 0) is 0 Å². The highest BCUT2D eigenvalue weighted by Crippen LogP contribution is 1.85. The van der Waals surface area contributed by atoms with E-state index in [0.717, 1.165) is 0 Å². The predicted molar refractivity (Wildman–Crippen MR) is 46.1 cm³/mol. The van der Waals surface area contributed by atoms with E-state index in [1.807, 2.05) is 16.2 Å². The summed E-state index contributed by atoms with van der Waals surface area (Å²) >= 11 is 2.12. The Morgan fingerprint density at radius 3 is 2.50 bits per heavy atom. The molecule has 3 heteroatoms. The van der Waals surface area contributed by atoms with Crippen molar-refractivity contribution in [2.24, 2.45) is 0 Å². The van der Waals surface area contributed by atoms with Gasteiger partial charge in [0.25, 0.3) is 0 Å². The summed E-state index contributed by atoms with van der Waals surface area (Å²) < 4.78 is 1.89. The molecule has 0 fully saturated rings. The van der Waals surface area contributed by atoms with Gasteiger partial charge in [-0.25, -0.2) is 0 Å². The van der Waals surface area contributed by atoms with Gasteiger partial charge in [-0.3, -0.25) is 0 Å². The van der Waals surface area contributed by atoms with Crippen LogP contribution in [-0.4, -0.2) is 11.9 Å². The van der Waals surface area contributed by atoms with Crippen molar-refractivity contribution < 1.29 is 5.02 Å². The van der Waals surface area contributed by atoms with Gasteiger partial charge in [-0.15, -0.1) is 0 Å². The normalized spacial score (nSPS) is 11.4. The molecular formula is C5H8BIO. The SMILES string of the molecule is CB(O)/C=C/C=C\I. The maximum Gasteiger partial charge on any atom is 0.312 e. The molecule has 0 atom stereocenters. The van der Waals surface area contributed by atoms with E-state index in [-0.39, 0.29) is 6.92 Å². The molecule has 0 aliphatic carbocycles. The van der Waals surface area contributed by atoms with E-state index in [0.29, 0.717) is 0 Å². The third-order valence-electron chi connectivity index (χ3n) is 0.573. The van der Waals surface area contributed by atoms with Crippen molar-refractivity contribution in [3.05, 3.63) is 22.2 Å². The first-order valence-corrected chi connectivity index (χ1v) is 3.63. The number of halogens is 1. The summed E-state index contributed by atoms with van der Waals surface area (Å²) in [5.41, 5.74) is 0. The molecule has 0 saturated carbocycles. The standard InChI is InChI=1S/C5H8BIO/c1-6(8)4-2-3-5-7/h2-5,8H,1H3/b4-2+,5-3-. The maximum atomic E-state index is 8.66. The van der Waals surface area contributed by atoms with Crippen molar-refractivity contribution in [1.29, 1.82) is 0 Å². The zero-order chi connectivity index (χ0) is 6.41. The Morgan fingerprint density at radius 1 is 1.50 bits per heavy atom. The van der Waals surface area contributed by atoms with Crippen LogP contribution in [0.25, 0.3) is 0 Å². The first-order valence-electron chi connectivity index (χ1n) is 2.39. The third kappa shape index (κ3) is 6.23. The molecule has 0 aromatic heterocycles. The summed E-state index contributed by atoms with van der Waals surface area (Å²) in [6, 6.07) is 0. The highest BCUT2D eigenvalue weighted by molar-refractivity contribution is 14.1. The first-order chi connectivity index (χ1) is 3.77. The Labute approximate surface area is 63.7 Å². The highest BCUT2D eigenvalue weighted by Gasteiger charge is 1.89. The molecule has 0 aromatic carbocycles. The molecule has 0 unspecified atom stereocenters. The molecule has 0 rings (SSSR count). The molecule has 44 valence electrons. The van der Waals surface area contributed by atoms with Gasteiger partial charge in [0, 0.05) is 0 Å². The summed E-state index contributed by atoms with van der Waals surface area (Å²) in [5.74, 6) is 1.72. The zero-order valence-electron chi connectivity index (χ0n) is 4.71. The Morgan fingerprint density at radius 2 is 2.12 bits per heavy atom. The molecule has 0 amide bonds. The van der Waals surface area contributed by atoms with Crippen molar-refractivity contribution >= 4 is 29.5 Å². The molecule has 0 radical (unpaired) electrons. The molecule has 1 N–H and O–H groups in total.